The fourth-order valence-electron chi connectivity index (χ4n) is 4.22. The van der Waals surface area contributed by atoms with Crippen LogP contribution in [-0.2, 0) is 33.8 Å². The van der Waals surface area contributed by atoms with Crippen LogP contribution in [0.15, 0.2) is 6.07 Å². The van der Waals surface area contributed by atoms with Gasteiger partial charge in [-0.25, -0.2) is 0 Å². The number of aromatic hydroxyl groups is 2. The SMILES string of the molecule is Oc1c(CN2CCOCC2)cc(CN2CCOCC2)c(O)c1CN1CCOCC1. The highest BCUT2D eigenvalue weighted by molar-refractivity contribution is 5.53. The molecule has 1 aromatic rings. The molecular formula is C21H33N3O5. The van der Waals surface area contributed by atoms with Crippen LogP contribution >= 0.6 is 0 Å². The highest BCUT2D eigenvalue weighted by Gasteiger charge is 2.24. The Labute approximate surface area is 172 Å². The molecule has 2 N–H and O–H groups in total. The first kappa shape index (κ1) is 20.8. The number of ether oxygens (including phenoxy) is 3. The summed E-state index contributed by atoms with van der Waals surface area (Å²) >= 11 is 0. The molecule has 0 bridgehead atoms. The molecule has 3 aliphatic heterocycles. The molecule has 29 heavy (non-hydrogen) atoms. The number of nitrogens with zero attached hydrogens (tertiary/aromatic N) is 3. The predicted molar refractivity (Wildman–Crippen MR) is 108 cm³/mol. The van der Waals surface area contributed by atoms with E-state index in [0.717, 1.165) is 76.8 Å². The first-order valence-electron chi connectivity index (χ1n) is 10.7. The molecule has 3 heterocycles. The standard InChI is InChI=1S/C21H33N3O5/c25-20-17(14-22-1-7-27-8-2-22)13-18(15-23-3-9-28-10-4-23)21(26)19(20)16-24-5-11-29-12-6-24/h13,25-26H,1-12,14-16H2. The molecule has 0 amide bonds. The lowest BCUT2D eigenvalue weighted by Crippen LogP contribution is -2.37. The highest BCUT2D eigenvalue weighted by atomic mass is 16.5. The summed E-state index contributed by atoms with van der Waals surface area (Å²) in [7, 11) is 0. The first-order valence-corrected chi connectivity index (χ1v) is 10.7. The van der Waals surface area contributed by atoms with Crippen LogP contribution < -0.4 is 0 Å². The Hall–Kier alpha value is -1.42. The summed E-state index contributed by atoms with van der Waals surface area (Å²) in [5, 5.41) is 22.1. The maximum atomic E-state index is 11.1. The van der Waals surface area contributed by atoms with Gasteiger partial charge in [-0.2, -0.15) is 0 Å². The van der Waals surface area contributed by atoms with Crippen LogP contribution in [0.1, 0.15) is 16.7 Å². The molecule has 162 valence electrons. The molecule has 0 atom stereocenters. The Balaban J connectivity index is 1.59. The van der Waals surface area contributed by atoms with E-state index >= 15 is 0 Å². The van der Waals surface area contributed by atoms with Crippen molar-refractivity contribution in [2.45, 2.75) is 19.6 Å². The van der Waals surface area contributed by atoms with Gasteiger partial charge in [0.1, 0.15) is 11.5 Å². The van der Waals surface area contributed by atoms with Crippen molar-refractivity contribution >= 4 is 0 Å². The van der Waals surface area contributed by atoms with E-state index in [4.69, 9.17) is 14.2 Å². The van der Waals surface area contributed by atoms with Gasteiger partial charge in [0.2, 0.25) is 0 Å². The minimum Gasteiger partial charge on any atom is -0.507 e. The molecule has 0 saturated carbocycles. The van der Waals surface area contributed by atoms with E-state index in [-0.39, 0.29) is 11.5 Å². The summed E-state index contributed by atoms with van der Waals surface area (Å²) < 4.78 is 16.4. The molecule has 0 radical (unpaired) electrons. The van der Waals surface area contributed by atoms with Crippen molar-refractivity contribution < 1.29 is 24.4 Å². The van der Waals surface area contributed by atoms with E-state index in [0.29, 0.717) is 38.4 Å². The van der Waals surface area contributed by atoms with Crippen molar-refractivity contribution in [3.8, 4) is 11.5 Å². The second-order valence-corrected chi connectivity index (χ2v) is 8.04. The Morgan fingerprint density at radius 1 is 0.586 bits per heavy atom. The minimum absolute atomic E-state index is 0.228. The molecule has 3 aliphatic rings. The Morgan fingerprint density at radius 2 is 0.931 bits per heavy atom. The van der Waals surface area contributed by atoms with Crippen LogP contribution in [0.5, 0.6) is 11.5 Å². The zero-order valence-electron chi connectivity index (χ0n) is 17.1. The number of benzene rings is 1. The second-order valence-electron chi connectivity index (χ2n) is 8.04. The van der Waals surface area contributed by atoms with Gasteiger partial charge in [0, 0.05) is 70.0 Å². The van der Waals surface area contributed by atoms with Crippen LogP contribution in [0.2, 0.25) is 0 Å². The normalized spacial score (nSPS) is 22.8. The maximum absolute atomic E-state index is 11.1. The quantitative estimate of drug-likeness (QED) is 0.710. The lowest BCUT2D eigenvalue weighted by Gasteiger charge is -2.31. The summed E-state index contributed by atoms with van der Waals surface area (Å²) in [5.41, 5.74) is 2.41. The van der Waals surface area contributed by atoms with Crippen molar-refractivity contribution in [3.63, 3.8) is 0 Å². The van der Waals surface area contributed by atoms with Gasteiger partial charge in [0.05, 0.1) is 45.2 Å². The fraction of sp³-hybridized carbons (Fsp3) is 0.714. The Morgan fingerprint density at radius 3 is 1.31 bits per heavy atom. The summed E-state index contributed by atoms with van der Waals surface area (Å²) in [6, 6.07) is 1.98. The summed E-state index contributed by atoms with van der Waals surface area (Å²) in [4.78, 5) is 6.83. The lowest BCUT2D eigenvalue weighted by atomic mass is 10.00. The molecule has 8 nitrogen and oxygen atoms in total. The van der Waals surface area contributed by atoms with E-state index in [9.17, 15) is 10.2 Å². The first-order chi connectivity index (χ1) is 14.2. The van der Waals surface area contributed by atoms with Gasteiger partial charge in [-0.3, -0.25) is 14.7 Å². The van der Waals surface area contributed by atoms with Crippen LogP contribution in [0.3, 0.4) is 0 Å². The average Bonchev–Trinajstić information content (AvgIpc) is 2.77. The van der Waals surface area contributed by atoms with Gasteiger partial charge < -0.3 is 24.4 Å². The zero-order valence-corrected chi connectivity index (χ0v) is 17.1. The maximum Gasteiger partial charge on any atom is 0.128 e. The van der Waals surface area contributed by atoms with Crippen LogP contribution in [-0.4, -0.2) is 104 Å². The zero-order chi connectivity index (χ0) is 20.1. The van der Waals surface area contributed by atoms with Crippen molar-refractivity contribution in [1.82, 2.24) is 14.7 Å². The number of phenols is 2. The number of hydrogen-bond acceptors (Lipinski definition) is 8. The lowest BCUT2D eigenvalue weighted by molar-refractivity contribution is 0.0315. The van der Waals surface area contributed by atoms with Crippen LogP contribution in [0.4, 0.5) is 0 Å². The van der Waals surface area contributed by atoms with Gasteiger partial charge in [-0.05, 0) is 6.07 Å². The molecule has 3 saturated heterocycles. The Bertz CT molecular complexity index is 625. The number of rotatable bonds is 6. The van der Waals surface area contributed by atoms with Gasteiger partial charge in [0.15, 0.2) is 0 Å². The fourth-order valence-corrected chi connectivity index (χ4v) is 4.22. The van der Waals surface area contributed by atoms with Crippen molar-refractivity contribution in [1.29, 1.82) is 0 Å². The van der Waals surface area contributed by atoms with Crippen LogP contribution in [0, 0.1) is 0 Å². The molecule has 4 rings (SSSR count). The third kappa shape index (κ3) is 5.39. The van der Waals surface area contributed by atoms with E-state index < -0.39 is 0 Å². The van der Waals surface area contributed by atoms with Crippen molar-refractivity contribution in [2.24, 2.45) is 0 Å². The molecule has 3 fully saturated rings. The summed E-state index contributed by atoms with van der Waals surface area (Å²) in [5.74, 6) is 0.456. The van der Waals surface area contributed by atoms with E-state index in [2.05, 4.69) is 14.7 Å². The smallest absolute Gasteiger partial charge is 0.128 e. The van der Waals surface area contributed by atoms with Crippen molar-refractivity contribution in [3.05, 3.63) is 22.8 Å². The predicted octanol–water partition coefficient (Wildman–Crippen LogP) is 0.594. The van der Waals surface area contributed by atoms with Gasteiger partial charge in [-0.15, -0.1) is 0 Å². The summed E-state index contributed by atoms with van der Waals surface area (Å²) in [6.07, 6.45) is 0. The van der Waals surface area contributed by atoms with Gasteiger partial charge >= 0.3 is 0 Å². The molecule has 1 aromatic carbocycles. The second kappa shape index (κ2) is 10.1. The van der Waals surface area contributed by atoms with Crippen LogP contribution in [0.25, 0.3) is 0 Å². The third-order valence-electron chi connectivity index (χ3n) is 6.01. The largest absolute Gasteiger partial charge is 0.507 e. The monoisotopic (exact) mass is 407 g/mol. The summed E-state index contributed by atoms with van der Waals surface area (Å²) in [6.45, 7) is 11.2. The topological polar surface area (TPSA) is 77.9 Å². The third-order valence-corrected chi connectivity index (χ3v) is 6.01. The van der Waals surface area contributed by atoms with Gasteiger partial charge in [0.25, 0.3) is 0 Å². The number of hydrogen-bond donors (Lipinski definition) is 2. The molecule has 0 aliphatic carbocycles. The van der Waals surface area contributed by atoms with E-state index in [1.807, 2.05) is 6.07 Å². The number of phenolic OH excluding ortho intramolecular Hbond substituents is 2. The number of morpholine rings is 3. The molecule has 8 heteroatoms. The van der Waals surface area contributed by atoms with E-state index in [1.165, 1.54) is 0 Å². The highest BCUT2D eigenvalue weighted by Crippen LogP contribution is 2.37. The average molecular weight is 408 g/mol. The minimum atomic E-state index is 0.228. The molecular weight excluding hydrogens is 374 g/mol. The van der Waals surface area contributed by atoms with Gasteiger partial charge in [-0.1, -0.05) is 0 Å². The Kier molecular flexibility index (Phi) is 7.23. The molecule has 0 aromatic heterocycles. The molecule has 0 spiro atoms. The molecule has 0 unspecified atom stereocenters. The van der Waals surface area contributed by atoms with Crippen molar-refractivity contribution in [2.75, 3.05) is 78.9 Å². The van der Waals surface area contributed by atoms with E-state index in [1.54, 1.807) is 0 Å².